The summed E-state index contributed by atoms with van der Waals surface area (Å²) in [5.74, 6) is -1.36. The second-order valence-corrected chi connectivity index (χ2v) is 7.84. The molecule has 140 valence electrons. The van der Waals surface area contributed by atoms with E-state index in [0.717, 1.165) is 14.6 Å². The summed E-state index contributed by atoms with van der Waals surface area (Å²) in [6, 6.07) is 5.14. The smallest absolute Gasteiger partial charge is 0.326 e. The van der Waals surface area contributed by atoms with Gasteiger partial charge in [0.05, 0.1) is 11.3 Å². The summed E-state index contributed by atoms with van der Waals surface area (Å²) in [4.78, 5) is 11.8. The van der Waals surface area contributed by atoms with E-state index in [1.165, 1.54) is 20.0 Å². The van der Waals surface area contributed by atoms with E-state index in [-0.39, 0.29) is 12.2 Å². The van der Waals surface area contributed by atoms with Crippen LogP contribution in [0.3, 0.4) is 0 Å². The van der Waals surface area contributed by atoms with Gasteiger partial charge >= 0.3 is 5.97 Å². The van der Waals surface area contributed by atoms with Crippen LogP contribution in [0.1, 0.15) is 34.9 Å². The van der Waals surface area contributed by atoms with Gasteiger partial charge in [-0.3, -0.25) is 9.48 Å². The van der Waals surface area contributed by atoms with E-state index < -0.39 is 39.0 Å². The number of rotatable bonds is 4. The fourth-order valence-electron chi connectivity index (χ4n) is 3.38. The number of sulfonamides is 1. The molecule has 2 heterocycles. The Morgan fingerprint density at radius 3 is 2.62 bits per heavy atom. The van der Waals surface area contributed by atoms with Crippen LogP contribution in [0.5, 0.6) is 0 Å². The lowest BCUT2D eigenvalue weighted by molar-refractivity contribution is -0.142. The van der Waals surface area contributed by atoms with Gasteiger partial charge in [0, 0.05) is 13.6 Å². The predicted molar refractivity (Wildman–Crippen MR) is 87.3 cm³/mol. The van der Waals surface area contributed by atoms with Crippen LogP contribution in [0.4, 0.5) is 8.78 Å². The minimum atomic E-state index is -4.51. The zero-order valence-corrected chi connectivity index (χ0v) is 14.9. The number of aromatic nitrogens is 2. The maximum absolute atomic E-state index is 13.4. The molecule has 0 radical (unpaired) electrons. The van der Waals surface area contributed by atoms with Crippen LogP contribution >= 0.6 is 0 Å². The van der Waals surface area contributed by atoms with Crippen molar-refractivity contribution >= 4 is 16.0 Å². The van der Waals surface area contributed by atoms with E-state index in [1.807, 2.05) is 0 Å². The number of hydrogen-bond donors (Lipinski definition) is 1. The Bertz CT molecular complexity index is 972. The Balaban J connectivity index is 2.18. The molecule has 0 fully saturated rings. The van der Waals surface area contributed by atoms with Gasteiger partial charge in [-0.1, -0.05) is 24.3 Å². The van der Waals surface area contributed by atoms with Gasteiger partial charge in [0.1, 0.15) is 6.04 Å². The normalized spacial score (nSPS) is 18.1. The molecule has 1 aromatic heterocycles. The fourth-order valence-corrected chi connectivity index (χ4v) is 5.30. The first kappa shape index (κ1) is 18.5. The van der Waals surface area contributed by atoms with Crippen LogP contribution in [0.25, 0.3) is 0 Å². The number of carbonyl (C=O) groups is 1. The maximum Gasteiger partial charge on any atom is 0.326 e. The molecular formula is C16H17F2N3O4S. The highest BCUT2D eigenvalue weighted by atomic mass is 32.2. The molecule has 0 saturated heterocycles. The first-order valence-electron chi connectivity index (χ1n) is 7.80. The number of carboxylic acid groups (broad SMARTS) is 1. The van der Waals surface area contributed by atoms with E-state index in [9.17, 15) is 27.1 Å². The Hall–Kier alpha value is -2.33. The van der Waals surface area contributed by atoms with E-state index in [0.29, 0.717) is 12.0 Å². The van der Waals surface area contributed by atoms with E-state index >= 15 is 0 Å². The largest absolute Gasteiger partial charge is 0.480 e. The van der Waals surface area contributed by atoms with Crippen molar-refractivity contribution in [3.63, 3.8) is 0 Å². The molecule has 26 heavy (non-hydrogen) atoms. The van der Waals surface area contributed by atoms with Crippen molar-refractivity contribution in [3.8, 4) is 0 Å². The molecule has 0 bridgehead atoms. The summed E-state index contributed by atoms with van der Waals surface area (Å²) in [5.41, 5.74) is 0.259. The van der Waals surface area contributed by atoms with Crippen LogP contribution in [-0.2, 0) is 28.3 Å². The van der Waals surface area contributed by atoms with Crippen molar-refractivity contribution < 1.29 is 27.1 Å². The maximum atomic E-state index is 13.4. The lowest BCUT2D eigenvalue weighted by Crippen LogP contribution is -2.44. The highest BCUT2D eigenvalue weighted by Gasteiger charge is 2.44. The lowest BCUT2D eigenvalue weighted by Gasteiger charge is -2.33. The number of hydrogen-bond acceptors (Lipinski definition) is 4. The van der Waals surface area contributed by atoms with Crippen LogP contribution in [0.15, 0.2) is 29.3 Å². The SMILES string of the molecule is Cc1nn(C)c(S(=O)(=O)N2CCc3ccccc3C2C(=O)O)c1C(F)F. The molecule has 1 N–H and O–H groups in total. The van der Waals surface area contributed by atoms with E-state index in [1.54, 1.807) is 18.2 Å². The third-order valence-corrected chi connectivity index (χ3v) is 6.44. The second-order valence-electron chi connectivity index (χ2n) is 6.03. The Morgan fingerprint density at radius 1 is 1.35 bits per heavy atom. The van der Waals surface area contributed by atoms with Gasteiger partial charge in [-0.25, -0.2) is 17.2 Å². The number of halogens is 2. The fraction of sp³-hybridized carbons (Fsp3) is 0.375. The van der Waals surface area contributed by atoms with E-state index in [2.05, 4.69) is 5.10 Å². The highest BCUT2D eigenvalue weighted by molar-refractivity contribution is 7.89. The summed E-state index contributed by atoms with van der Waals surface area (Å²) in [6.45, 7) is 1.17. The molecule has 1 aromatic carbocycles. The molecule has 1 aliphatic rings. The summed E-state index contributed by atoms with van der Waals surface area (Å²) < 4.78 is 54.8. The molecule has 1 aliphatic heterocycles. The number of nitrogens with zero attached hydrogens (tertiary/aromatic N) is 3. The van der Waals surface area contributed by atoms with Crippen LogP contribution in [0.2, 0.25) is 0 Å². The monoisotopic (exact) mass is 385 g/mol. The predicted octanol–water partition coefficient (Wildman–Crippen LogP) is 2.04. The van der Waals surface area contributed by atoms with Crippen molar-refractivity contribution in [2.24, 2.45) is 7.05 Å². The van der Waals surface area contributed by atoms with E-state index in [4.69, 9.17) is 0 Å². The number of fused-ring (bicyclic) bond motifs is 1. The molecule has 0 aliphatic carbocycles. The summed E-state index contributed by atoms with van der Waals surface area (Å²) >= 11 is 0. The van der Waals surface area contributed by atoms with Gasteiger partial charge in [-0.2, -0.15) is 9.40 Å². The first-order valence-corrected chi connectivity index (χ1v) is 9.24. The second kappa shape index (κ2) is 6.44. The van der Waals surface area contributed by atoms with Gasteiger partial charge in [0.25, 0.3) is 16.4 Å². The third kappa shape index (κ3) is 2.78. The van der Waals surface area contributed by atoms with Gasteiger partial charge in [-0.05, 0) is 24.5 Å². The molecule has 2 aromatic rings. The number of benzene rings is 1. The highest BCUT2D eigenvalue weighted by Crippen LogP contribution is 2.37. The molecule has 3 rings (SSSR count). The molecule has 1 unspecified atom stereocenters. The summed E-state index contributed by atoms with van der Waals surface area (Å²) in [5, 5.41) is 12.8. The number of alkyl halides is 2. The first-order chi connectivity index (χ1) is 12.2. The topological polar surface area (TPSA) is 92.5 Å². The van der Waals surface area contributed by atoms with Crippen LogP contribution in [0, 0.1) is 6.92 Å². The van der Waals surface area contributed by atoms with Crippen molar-refractivity contribution in [3.05, 3.63) is 46.6 Å². The molecule has 0 amide bonds. The number of carboxylic acids is 1. The zero-order valence-electron chi connectivity index (χ0n) is 14.1. The summed E-state index contributed by atoms with van der Waals surface area (Å²) in [7, 11) is -3.26. The molecule has 0 saturated carbocycles. The third-order valence-electron chi connectivity index (χ3n) is 4.46. The zero-order chi connectivity index (χ0) is 19.2. The van der Waals surface area contributed by atoms with Gasteiger partial charge in [-0.15, -0.1) is 0 Å². The van der Waals surface area contributed by atoms with Crippen molar-refractivity contribution in [2.45, 2.75) is 30.8 Å². The standard InChI is InChI=1S/C16H17F2N3O4S/c1-9-12(14(17)18)15(20(2)19-9)26(24,25)21-8-7-10-5-3-4-6-11(10)13(21)16(22)23/h3-6,13-14H,7-8H2,1-2H3,(H,22,23). The van der Waals surface area contributed by atoms with Gasteiger partial charge < -0.3 is 5.11 Å². The lowest BCUT2D eigenvalue weighted by atomic mass is 9.94. The molecule has 10 heteroatoms. The number of aryl methyl sites for hydroxylation is 2. The average molecular weight is 385 g/mol. The minimum absolute atomic E-state index is 0.106. The Kier molecular flexibility index (Phi) is 4.57. The molecule has 1 atom stereocenters. The van der Waals surface area contributed by atoms with Crippen LogP contribution in [-0.4, -0.2) is 40.1 Å². The van der Waals surface area contributed by atoms with Crippen molar-refractivity contribution in [2.75, 3.05) is 6.54 Å². The van der Waals surface area contributed by atoms with Gasteiger partial charge in [0.15, 0.2) is 5.03 Å². The van der Waals surface area contributed by atoms with Crippen LogP contribution < -0.4 is 0 Å². The Labute approximate surface area is 148 Å². The van der Waals surface area contributed by atoms with Crippen molar-refractivity contribution in [1.29, 1.82) is 0 Å². The Morgan fingerprint density at radius 2 is 2.00 bits per heavy atom. The number of aliphatic carboxylic acids is 1. The van der Waals surface area contributed by atoms with Crippen molar-refractivity contribution in [1.82, 2.24) is 14.1 Å². The molecule has 7 nitrogen and oxygen atoms in total. The molecule has 0 spiro atoms. The minimum Gasteiger partial charge on any atom is -0.480 e. The quantitative estimate of drug-likeness (QED) is 0.870. The average Bonchev–Trinajstić information content (AvgIpc) is 2.88. The van der Waals surface area contributed by atoms with Gasteiger partial charge in [0.2, 0.25) is 0 Å². The molecular weight excluding hydrogens is 368 g/mol. The summed E-state index contributed by atoms with van der Waals surface area (Å²) in [6.07, 6.45) is -2.76.